The van der Waals surface area contributed by atoms with E-state index in [1.54, 1.807) is 6.07 Å². The number of sulfone groups is 1. The molecular weight excluding hydrogens is 545 g/mol. The summed E-state index contributed by atoms with van der Waals surface area (Å²) >= 11 is 0. The summed E-state index contributed by atoms with van der Waals surface area (Å²) in [6.45, 7) is 5.02. The van der Waals surface area contributed by atoms with Crippen LogP contribution in [0.15, 0.2) is 29.2 Å². The number of aromatic amines is 1. The summed E-state index contributed by atoms with van der Waals surface area (Å²) in [5.74, 6) is 2.94. The molecule has 5 aliphatic rings. The van der Waals surface area contributed by atoms with Gasteiger partial charge in [-0.3, -0.25) is 10.00 Å². The van der Waals surface area contributed by atoms with Gasteiger partial charge < -0.3 is 9.80 Å². The van der Waals surface area contributed by atoms with Gasteiger partial charge in [-0.05, 0) is 69.3 Å². The van der Waals surface area contributed by atoms with Crippen molar-refractivity contribution in [2.75, 3.05) is 39.3 Å². The zero-order chi connectivity index (χ0) is 27.9. The quantitative estimate of drug-likeness (QED) is 0.578. The molecule has 3 saturated heterocycles. The maximum Gasteiger partial charge on any atom is 0.501 e. The molecule has 2 amide bonds. The number of amides is 2. The number of carbonyl (C=O) groups is 1. The number of alkyl halides is 3. The van der Waals surface area contributed by atoms with Crippen molar-refractivity contribution in [3.05, 3.63) is 41.5 Å². The standard InChI is InChI=1S/C27H33F3N6O3S/c28-27(29,30)40(38,39)21-3-1-2-18(10-21)13-34-8-6-25(7-9-34)14-35(15-25)24(37)36-16-26(17-36)11-20(12-26)23-31-22(32-33-23)19-4-5-19/h1-3,10,19-20H,4-9,11-17H2,(H,31,32,33). The third kappa shape index (κ3) is 4.49. The number of benzene rings is 1. The first-order chi connectivity index (χ1) is 18.9. The topological polar surface area (TPSA) is 103 Å². The molecule has 1 N–H and O–H groups in total. The van der Waals surface area contributed by atoms with Gasteiger partial charge in [0.1, 0.15) is 5.82 Å². The lowest BCUT2D eigenvalue weighted by atomic mass is 9.57. The van der Waals surface area contributed by atoms with Crippen molar-refractivity contribution in [3.8, 4) is 0 Å². The fourth-order valence-corrected chi connectivity index (χ4v) is 7.97. The minimum Gasteiger partial charge on any atom is -0.323 e. The zero-order valence-electron chi connectivity index (χ0n) is 22.2. The minimum atomic E-state index is -5.36. The number of hydrogen-bond acceptors (Lipinski definition) is 6. The van der Waals surface area contributed by atoms with Crippen molar-refractivity contribution < 1.29 is 26.4 Å². The molecule has 9 nitrogen and oxygen atoms in total. The number of urea groups is 1. The molecule has 2 spiro atoms. The Morgan fingerprint density at radius 3 is 2.27 bits per heavy atom. The lowest BCUT2D eigenvalue weighted by Crippen LogP contribution is -2.70. The molecule has 216 valence electrons. The first-order valence-electron chi connectivity index (χ1n) is 14.0. The van der Waals surface area contributed by atoms with Crippen LogP contribution in [-0.2, 0) is 16.4 Å². The van der Waals surface area contributed by atoms with Gasteiger partial charge in [-0.15, -0.1) is 0 Å². The van der Waals surface area contributed by atoms with Crippen LogP contribution >= 0.6 is 0 Å². The van der Waals surface area contributed by atoms with E-state index in [9.17, 15) is 26.4 Å². The summed E-state index contributed by atoms with van der Waals surface area (Å²) in [6.07, 6.45) is 6.30. The Balaban J connectivity index is 0.856. The summed E-state index contributed by atoms with van der Waals surface area (Å²) in [5.41, 5.74) is -4.44. The predicted molar refractivity (Wildman–Crippen MR) is 138 cm³/mol. The number of aromatic nitrogens is 3. The lowest BCUT2D eigenvalue weighted by Gasteiger charge is -2.61. The fraction of sp³-hybridized carbons (Fsp3) is 0.667. The number of halogens is 3. The van der Waals surface area contributed by atoms with Crippen molar-refractivity contribution in [1.29, 1.82) is 0 Å². The van der Waals surface area contributed by atoms with Crippen molar-refractivity contribution in [3.63, 3.8) is 0 Å². The van der Waals surface area contributed by atoms with Crippen molar-refractivity contribution in [2.45, 2.75) is 67.3 Å². The molecule has 13 heteroatoms. The molecule has 5 fully saturated rings. The van der Waals surface area contributed by atoms with Gasteiger partial charge in [0.25, 0.3) is 9.84 Å². The van der Waals surface area contributed by atoms with Crippen LogP contribution in [0.3, 0.4) is 0 Å². The number of nitrogens with one attached hydrogen (secondary N) is 1. The van der Waals surface area contributed by atoms with Crippen molar-refractivity contribution >= 4 is 15.9 Å². The first-order valence-corrected chi connectivity index (χ1v) is 15.5. The van der Waals surface area contributed by atoms with Crippen LogP contribution in [0, 0.1) is 10.8 Å². The first kappa shape index (κ1) is 26.2. The second-order valence-corrected chi connectivity index (χ2v) is 14.8. The van der Waals surface area contributed by atoms with Crippen LogP contribution in [0.2, 0.25) is 0 Å². The molecule has 2 aromatic rings. The van der Waals surface area contributed by atoms with Crippen LogP contribution in [-0.4, -0.2) is 89.1 Å². The number of rotatable bonds is 5. The van der Waals surface area contributed by atoms with E-state index in [2.05, 4.69) is 15.1 Å². The second-order valence-electron chi connectivity index (χ2n) is 12.8. The van der Waals surface area contributed by atoms with E-state index in [4.69, 9.17) is 4.98 Å². The molecule has 1 aromatic heterocycles. The van der Waals surface area contributed by atoms with Crippen molar-refractivity contribution in [2.24, 2.45) is 10.8 Å². The van der Waals surface area contributed by atoms with E-state index >= 15 is 0 Å². The van der Waals surface area contributed by atoms with Crippen LogP contribution < -0.4 is 0 Å². The zero-order valence-corrected chi connectivity index (χ0v) is 23.0. The van der Waals surface area contributed by atoms with Gasteiger partial charge in [0.2, 0.25) is 0 Å². The summed E-state index contributed by atoms with van der Waals surface area (Å²) in [5, 5.41) is 7.53. The summed E-state index contributed by atoms with van der Waals surface area (Å²) < 4.78 is 62.3. The predicted octanol–water partition coefficient (Wildman–Crippen LogP) is 3.87. The molecule has 2 aliphatic carbocycles. The van der Waals surface area contributed by atoms with E-state index in [1.165, 1.54) is 18.9 Å². The Morgan fingerprint density at radius 2 is 1.65 bits per heavy atom. The average Bonchev–Trinajstić information content (AvgIpc) is 3.58. The van der Waals surface area contributed by atoms with Crippen LogP contribution in [0.25, 0.3) is 0 Å². The number of hydrogen-bond donors (Lipinski definition) is 1. The highest BCUT2D eigenvalue weighted by Gasteiger charge is 2.57. The van der Waals surface area contributed by atoms with E-state index in [0.717, 1.165) is 88.7 Å². The maximum absolute atomic E-state index is 13.1. The fourth-order valence-electron chi connectivity index (χ4n) is 7.14. The molecule has 4 heterocycles. The minimum absolute atomic E-state index is 0.0998. The molecule has 7 rings (SSSR count). The Labute approximate surface area is 231 Å². The Kier molecular flexibility index (Phi) is 5.85. The van der Waals surface area contributed by atoms with Gasteiger partial charge in [0.15, 0.2) is 5.82 Å². The lowest BCUT2D eigenvalue weighted by molar-refractivity contribution is -0.0798. The largest absolute Gasteiger partial charge is 0.501 e. The Bertz CT molecular complexity index is 1410. The molecule has 0 bridgehead atoms. The molecule has 0 unspecified atom stereocenters. The van der Waals surface area contributed by atoms with E-state index in [-0.39, 0.29) is 16.9 Å². The van der Waals surface area contributed by atoms with Crippen molar-refractivity contribution in [1.82, 2.24) is 29.9 Å². The van der Waals surface area contributed by atoms with E-state index in [0.29, 0.717) is 23.9 Å². The molecule has 0 atom stereocenters. The third-order valence-corrected chi connectivity index (χ3v) is 11.2. The molecule has 2 saturated carbocycles. The Morgan fingerprint density at radius 1 is 1.00 bits per heavy atom. The number of nitrogens with zero attached hydrogens (tertiary/aromatic N) is 5. The smallest absolute Gasteiger partial charge is 0.323 e. The normalized spacial score (nSPS) is 24.6. The summed E-state index contributed by atoms with van der Waals surface area (Å²) in [6, 6.07) is 5.25. The highest BCUT2D eigenvalue weighted by Crippen LogP contribution is 2.56. The van der Waals surface area contributed by atoms with Gasteiger partial charge in [0, 0.05) is 55.4 Å². The maximum atomic E-state index is 13.1. The average molecular weight is 579 g/mol. The molecule has 0 radical (unpaired) electrons. The van der Waals surface area contributed by atoms with Crippen LogP contribution in [0.1, 0.15) is 67.6 Å². The van der Waals surface area contributed by atoms with Gasteiger partial charge >= 0.3 is 11.5 Å². The molecule has 1 aromatic carbocycles. The SMILES string of the molecule is O=C(N1CC2(CCN(Cc3cccc(S(=O)(=O)C(F)(F)F)c3)CC2)C1)N1CC2(CC(c3n[nH]c(C4CC4)n3)C2)C1. The summed E-state index contributed by atoms with van der Waals surface area (Å²) in [4.78, 5) is 23.1. The Hall–Kier alpha value is -2.67. The van der Waals surface area contributed by atoms with Crippen LogP contribution in [0.5, 0.6) is 0 Å². The van der Waals surface area contributed by atoms with Gasteiger partial charge in [0.05, 0.1) is 4.90 Å². The highest BCUT2D eigenvalue weighted by atomic mass is 32.2. The summed E-state index contributed by atoms with van der Waals surface area (Å²) in [7, 11) is -5.36. The van der Waals surface area contributed by atoms with E-state index in [1.807, 2.05) is 9.80 Å². The molecular formula is C27H33F3N6O3S. The number of H-pyrrole nitrogens is 1. The monoisotopic (exact) mass is 578 g/mol. The van der Waals surface area contributed by atoms with Gasteiger partial charge in [-0.1, -0.05) is 12.1 Å². The molecule has 40 heavy (non-hydrogen) atoms. The number of likely N-dealkylation sites (tertiary alicyclic amines) is 3. The highest BCUT2D eigenvalue weighted by molar-refractivity contribution is 7.92. The number of carbonyl (C=O) groups excluding carboxylic acids is 1. The molecule has 3 aliphatic heterocycles. The third-order valence-electron chi connectivity index (χ3n) is 9.69. The van der Waals surface area contributed by atoms with Gasteiger partial charge in [-0.2, -0.15) is 18.3 Å². The number of piperidine rings is 1. The van der Waals surface area contributed by atoms with E-state index < -0.39 is 20.2 Å². The van der Waals surface area contributed by atoms with Gasteiger partial charge in [-0.25, -0.2) is 18.2 Å². The second kappa shape index (κ2) is 8.91. The van der Waals surface area contributed by atoms with Crippen LogP contribution in [0.4, 0.5) is 18.0 Å².